The van der Waals surface area contributed by atoms with E-state index in [4.69, 9.17) is 13.3 Å². The molecular weight excluding hydrogens is 286 g/mol. The summed E-state index contributed by atoms with van der Waals surface area (Å²) in [5.41, 5.74) is 0. The van der Waals surface area contributed by atoms with Gasteiger partial charge in [-0.25, -0.2) is 0 Å². The van der Waals surface area contributed by atoms with Crippen LogP contribution in [0.4, 0.5) is 0 Å². The van der Waals surface area contributed by atoms with Crippen molar-refractivity contribution < 1.29 is 13.3 Å². The van der Waals surface area contributed by atoms with Gasteiger partial charge in [-0.15, -0.1) is 0 Å². The summed E-state index contributed by atoms with van der Waals surface area (Å²) < 4.78 is 16.1. The van der Waals surface area contributed by atoms with Crippen molar-refractivity contribution in [3.63, 3.8) is 0 Å². The van der Waals surface area contributed by atoms with Crippen LogP contribution < -0.4 is 5.32 Å². The zero-order valence-electron chi connectivity index (χ0n) is 14.8. The average Bonchev–Trinajstić information content (AvgIpc) is 2.37. The summed E-state index contributed by atoms with van der Waals surface area (Å²) >= 11 is 0. The fraction of sp³-hybridized carbons (Fsp3) is 1.00. The third-order valence-electron chi connectivity index (χ3n) is 4.71. The van der Waals surface area contributed by atoms with Crippen molar-refractivity contribution in [3.8, 4) is 0 Å². The maximum Gasteiger partial charge on any atom is 0.514 e. The van der Waals surface area contributed by atoms with Crippen LogP contribution in [0.5, 0.6) is 0 Å². The number of hydrogen-bond acceptors (Lipinski definition) is 4. The smallest absolute Gasteiger partial charge is 0.376 e. The Bertz CT molecular complexity index is 249. The lowest BCUT2D eigenvalue weighted by atomic mass is 10.2. The first kappa shape index (κ1) is 20.3. The highest BCUT2D eigenvalue weighted by molar-refractivity contribution is 6.80. The minimum atomic E-state index is -2.45. The third-order valence-corrected chi connectivity index (χ3v) is 12.9. The van der Waals surface area contributed by atoms with Crippen molar-refractivity contribution in [2.75, 3.05) is 34.0 Å². The van der Waals surface area contributed by atoms with Crippen molar-refractivity contribution in [3.05, 3.63) is 0 Å². The van der Waals surface area contributed by atoms with Crippen LogP contribution in [0.3, 0.4) is 0 Å². The van der Waals surface area contributed by atoms with E-state index in [1.165, 1.54) is 18.9 Å². The van der Waals surface area contributed by atoms with Gasteiger partial charge in [0.2, 0.25) is 0 Å². The van der Waals surface area contributed by atoms with Gasteiger partial charge in [-0.2, -0.15) is 0 Å². The molecule has 0 rings (SSSR count). The monoisotopic (exact) mass is 321 g/mol. The minimum Gasteiger partial charge on any atom is -0.376 e. The van der Waals surface area contributed by atoms with Crippen LogP contribution in [0.15, 0.2) is 0 Å². The number of hydrogen-bond donors (Lipinski definition) is 1. The molecule has 0 aromatic rings. The highest BCUT2D eigenvalue weighted by atomic mass is 28.4. The van der Waals surface area contributed by atoms with Gasteiger partial charge in [0.15, 0.2) is 0 Å². The summed E-state index contributed by atoms with van der Waals surface area (Å²) in [7, 11) is 1.39. The van der Waals surface area contributed by atoms with Gasteiger partial charge in [-0.1, -0.05) is 46.3 Å². The average molecular weight is 322 g/mol. The molecule has 0 saturated heterocycles. The van der Waals surface area contributed by atoms with E-state index in [9.17, 15) is 0 Å². The van der Waals surface area contributed by atoms with E-state index in [1.807, 2.05) is 0 Å². The van der Waals surface area contributed by atoms with Crippen LogP contribution in [-0.2, 0) is 13.3 Å². The highest BCUT2D eigenvalue weighted by Gasteiger charge is 2.37. The van der Waals surface area contributed by atoms with E-state index in [1.54, 1.807) is 21.3 Å². The molecule has 0 spiro atoms. The van der Waals surface area contributed by atoms with Crippen molar-refractivity contribution >= 4 is 16.9 Å². The Kier molecular flexibility index (Phi) is 8.77. The van der Waals surface area contributed by atoms with Crippen molar-refractivity contribution in [2.24, 2.45) is 0 Å². The van der Waals surface area contributed by atoms with Crippen molar-refractivity contribution in [1.29, 1.82) is 0 Å². The molecule has 0 aromatic heterocycles. The van der Waals surface area contributed by atoms with Crippen molar-refractivity contribution in [2.45, 2.75) is 57.8 Å². The molecule has 1 N–H and O–H groups in total. The lowest BCUT2D eigenvalue weighted by molar-refractivity contribution is 0.122. The predicted octanol–water partition coefficient (Wildman–Crippen LogP) is 3.28. The summed E-state index contributed by atoms with van der Waals surface area (Å²) in [4.78, 5) is 0. The van der Waals surface area contributed by atoms with E-state index in [2.05, 4.69) is 39.2 Å². The van der Waals surface area contributed by atoms with E-state index in [0.717, 1.165) is 6.54 Å². The number of rotatable bonds is 10. The summed E-state index contributed by atoms with van der Waals surface area (Å²) in [5, 5.41) is 3.90. The Labute approximate surface area is 128 Å². The van der Waals surface area contributed by atoms with Gasteiger partial charge in [0.1, 0.15) is 0 Å². The SMILES string of the molecule is CO[Si](CNCCCC[Si](C)(C)C(C)(C)C)(OC)OC. The van der Waals surface area contributed by atoms with Crippen LogP contribution in [-0.4, -0.2) is 50.9 Å². The molecule has 0 radical (unpaired) electrons. The Morgan fingerprint density at radius 3 is 1.80 bits per heavy atom. The molecule has 0 aromatic carbocycles. The molecule has 0 saturated carbocycles. The second kappa shape index (κ2) is 8.65. The standard InChI is InChI=1S/C14H35NO3Si2/c1-14(2,3)19(7,8)12-10-9-11-15-13-20(16-4,17-5)18-6/h15H,9-13H2,1-8H3. The van der Waals surface area contributed by atoms with Crippen LogP contribution in [0.2, 0.25) is 24.2 Å². The van der Waals surface area contributed by atoms with Crippen LogP contribution >= 0.6 is 0 Å². The Morgan fingerprint density at radius 1 is 0.900 bits per heavy atom. The first-order valence-corrected chi connectivity index (χ1v) is 12.6. The lowest BCUT2D eigenvalue weighted by Gasteiger charge is -2.37. The molecule has 4 nitrogen and oxygen atoms in total. The van der Waals surface area contributed by atoms with E-state index in [-0.39, 0.29) is 0 Å². The summed E-state index contributed by atoms with van der Waals surface area (Å²) in [6.07, 6.45) is 3.18. The normalized spacial score (nSPS) is 13.8. The zero-order chi connectivity index (χ0) is 15.9. The molecule has 122 valence electrons. The quantitative estimate of drug-likeness (QED) is 0.495. The second-order valence-corrected chi connectivity index (χ2v) is 15.8. The van der Waals surface area contributed by atoms with Gasteiger partial charge in [-0.05, 0) is 18.0 Å². The number of nitrogens with one attached hydrogen (secondary N) is 1. The molecule has 6 heteroatoms. The maximum atomic E-state index is 5.38. The first-order chi connectivity index (χ1) is 9.14. The van der Waals surface area contributed by atoms with Gasteiger partial charge in [0.05, 0.1) is 14.2 Å². The largest absolute Gasteiger partial charge is 0.514 e. The summed E-state index contributed by atoms with van der Waals surface area (Å²) in [5.74, 6) is 0. The van der Waals surface area contributed by atoms with E-state index < -0.39 is 16.9 Å². The highest BCUT2D eigenvalue weighted by Crippen LogP contribution is 2.39. The second-order valence-electron chi connectivity index (χ2n) is 7.06. The van der Waals surface area contributed by atoms with Crippen LogP contribution in [0.25, 0.3) is 0 Å². The summed E-state index contributed by atoms with van der Waals surface area (Å²) in [6.45, 7) is 13.1. The molecular formula is C14H35NO3Si2. The maximum absolute atomic E-state index is 5.38. The third kappa shape index (κ3) is 6.36. The molecule has 0 aliphatic carbocycles. The molecule has 0 bridgehead atoms. The van der Waals surface area contributed by atoms with Crippen molar-refractivity contribution in [1.82, 2.24) is 5.32 Å². The molecule has 0 amide bonds. The fourth-order valence-electron chi connectivity index (χ4n) is 1.90. The van der Waals surface area contributed by atoms with Crippen LogP contribution in [0.1, 0.15) is 33.6 Å². The van der Waals surface area contributed by atoms with Gasteiger partial charge in [-0.3, -0.25) is 0 Å². The lowest BCUT2D eigenvalue weighted by Crippen LogP contribution is -2.52. The summed E-state index contributed by atoms with van der Waals surface area (Å²) in [6, 6.07) is 1.39. The van der Waals surface area contributed by atoms with Gasteiger partial charge in [0, 0.05) is 21.3 Å². The molecule has 0 atom stereocenters. The molecule has 20 heavy (non-hydrogen) atoms. The molecule has 0 aliphatic rings. The van der Waals surface area contributed by atoms with Gasteiger partial charge < -0.3 is 18.6 Å². The predicted molar refractivity (Wildman–Crippen MR) is 90.9 cm³/mol. The Morgan fingerprint density at radius 2 is 1.40 bits per heavy atom. The fourth-order valence-corrected chi connectivity index (χ4v) is 5.20. The van der Waals surface area contributed by atoms with Gasteiger partial charge >= 0.3 is 8.80 Å². The molecule has 0 aliphatic heterocycles. The minimum absolute atomic E-state index is 0.491. The molecule has 0 heterocycles. The molecule has 0 fully saturated rings. The van der Waals surface area contributed by atoms with Gasteiger partial charge in [0.25, 0.3) is 0 Å². The van der Waals surface area contributed by atoms with Crippen LogP contribution in [0, 0.1) is 0 Å². The zero-order valence-corrected chi connectivity index (χ0v) is 16.8. The topological polar surface area (TPSA) is 39.7 Å². The first-order valence-electron chi connectivity index (χ1n) is 7.50. The Balaban J connectivity index is 3.89. The molecule has 0 unspecified atom stereocenters. The van der Waals surface area contributed by atoms with E-state index >= 15 is 0 Å². The van der Waals surface area contributed by atoms with E-state index in [0.29, 0.717) is 11.2 Å². The number of unbranched alkanes of at least 4 members (excludes halogenated alkanes) is 1. The Hall–Kier alpha value is 0.274.